The van der Waals surface area contributed by atoms with Crippen molar-refractivity contribution in [1.82, 2.24) is 20.2 Å². The lowest BCUT2D eigenvalue weighted by Gasteiger charge is -2.23. The van der Waals surface area contributed by atoms with E-state index >= 15 is 0 Å². The van der Waals surface area contributed by atoms with Crippen molar-refractivity contribution in [1.29, 1.82) is 0 Å². The summed E-state index contributed by atoms with van der Waals surface area (Å²) >= 11 is 1.76. The lowest BCUT2D eigenvalue weighted by atomic mass is 10.3. The van der Waals surface area contributed by atoms with Crippen LogP contribution in [0.4, 0.5) is 11.8 Å². The second-order valence-electron chi connectivity index (χ2n) is 4.98. The van der Waals surface area contributed by atoms with Crippen LogP contribution in [0, 0.1) is 0 Å². The van der Waals surface area contributed by atoms with Crippen LogP contribution in [0.2, 0.25) is 0 Å². The van der Waals surface area contributed by atoms with Gasteiger partial charge in [-0.05, 0) is 24.3 Å². The molecular weight excluding hydrogens is 272 g/mol. The summed E-state index contributed by atoms with van der Waals surface area (Å²) in [6.07, 6.45) is 4.18. The van der Waals surface area contributed by atoms with Gasteiger partial charge >= 0.3 is 0 Å². The van der Waals surface area contributed by atoms with E-state index in [1.54, 1.807) is 17.5 Å². The summed E-state index contributed by atoms with van der Waals surface area (Å²) in [7, 11) is 0. The van der Waals surface area contributed by atoms with E-state index in [0.717, 1.165) is 17.7 Å². The summed E-state index contributed by atoms with van der Waals surface area (Å²) in [6, 6.07) is 4.77. The van der Waals surface area contributed by atoms with Crippen LogP contribution >= 0.6 is 11.3 Å². The molecule has 0 aliphatic heterocycles. The molecule has 0 radical (unpaired) electrons. The molecule has 0 spiro atoms. The number of nitrogens with zero attached hydrogens (tertiary/aromatic N) is 4. The number of aromatic amines is 1. The van der Waals surface area contributed by atoms with Gasteiger partial charge in [-0.2, -0.15) is 15.1 Å². The molecule has 3 aromatic rings. The maximum Gasteiger partial charge on any atom is 0.224 e. The minimum absolute atomic E-state index is 0.286. The number of H-pyrrole nitrogens is 1. The van der Waals surface area contributed by atoms with Crippen LogP contribution in [-0.2, 0) is 6.54 Å². The van der Waals surface area contributed by atoms with Gasteiger partial charge in [-0.3, -0.25) is 5.10 Å². The van der Waals surface area contributed by atoms with Crippen LogP contribution < -0.4 is 10.6 Å². The zero-order chi connectivity index (χ0) is 13.5. The van der Waals surface area contributed by atoms with Crippen LogP contribution in [0.15, 0.2) is 23.7 Å². The first-order valence-corrected chi connectivity index (χ1v) is 7.45. The minimum Gasteiger partial charge on any atom is -0.368 e. The molecule has 102 valence electrons. The summed E-state index contributed by atoms with van der Waals surface area (Å²) in [4.78, 5) is 12.3. The van der Waals surface area contributed by atoms with E-state index in [4.69, 9.17) is 5.73 Å². The number of nitrogen functional groups attached to an aromatic ring is 1. The topological polar surface area (TPSA) is 83.7 Å². The lowest BCUT2D eigenvalue weighted by molar-refractivity contribution is 0.790. The third-order valence-corrected chi connectivity index (χ3v) is 4.33. The Morgan fingerprint density at radius 3 is 3.05 bits per heavy atom. The van der Waals surface area contributed by atoms with Gasteiger partial charge < -0.3 is 10.6 Å². The van der Waals surface area contributed by atoms with Crippen molar-refractivity contribution in [2.24, 2.45) is 0 Å². The fourth-order valence-electron chi connectivity index (χ4n) is 2.39. The minimum atomic E-state index is 0.286. The first-order valence-electron chi connectivity index (χ1n) is 6.57. The second-order valence-corrected chi connectivity index (χ2v) is 6.01. The highest BCUT2D eigenvalue weighted by Crippen LogP contribution is 2.35. The molecule has 1 saturated carbocycles. The molecule has 4 rings (SSSR count). The highest BCUT2D eigenvalue weighted by atomic mass is 32.1. The van der Waals surface area contributed by atoms with Crippen LogP contribution in [0.3, 0.4) is 0 Å². The Labute approximate surface area is 119 Å². The second kappa shape index (κ2) is 4.45. The Kier molecular flexibility index (Phi) is 2.59. The van der Waals surface area contributed by atoms with E-state index in [0.29, 0.717) is 11.7 Å². The Bertz CT molecular complexity index is 730. The van der Waals surface area contributed by atoms with Crippen LogP contribution in [-0.4, -0.2) is 26.2 Å². The van der Waals surface area contributed by atoms with E-state index in [1.807, 2.05) is 0 Å². The number of hydrogen-bond donors (Lipinski definition) is 2. The summed E-state index contributed by atoms with van der Waals surface area (Å²) < 4.78 is 0. The smallest absolute Gasteiger partial charge is 0.224 e. The molecule has 0 unspecified atom stereocenters. The van der Waals surface area contributed by atoms with Crippen LogP contribution in [0.25, 0.3) is 11.0 Å². The van der Waals surface area contributed by atoms with Crippen molar-refractivity contribution in [2.45, 2.75) is 25.4 Å². The Morgan fingerprint density at radius 2 is 2.30 bits per heavy atom. The maximum atomic E-state index is 5.82. The average Bonchev–Trinajstić information content (AvgIpc) is 2.96. The third-order valence-electron chi connectivity index (χ3n) is 3.47. The van der Waals surface area contributed by atoms with Gasteiger partial charge in [-0.15, -0.1) is 11.3 Å². The SMILES string of the molecule is Nc1nc(N(Cc2cccs2)C2CC2)c2cn[nH]c2n1. The monoisotopic (exact) mass is 286 g/mol. The van der Waals surface area contributed by atoms with E-state index < -0.39 is 0 Å². The maximum absolute atomic E-state index is 5.82. The molecule has 0 bridgehead atoms. The Morgan fingerprint density at radius 1 is 1.40 bits per heavy atom. The molecule has 7 heteroatoms. The van der Waals surface area contributed by atoms with E-state index in [9.17, 15) is 0 Å². The fourth-order valence-corrected chi connectivity index (χ4v) is 3.09. The quantitative estimate of drug-likeness (QED) is 0.768. The van der Waals surface area contributed by atoms with Gasteiger partial charge in [0.25, 0.3) is 0 Å². The standard InChI is InChI=1S/C13H14N6S/c14-13-16-11-10(6-15-18-11)12(17-13)19(8-3-4-8)7-9-2-1-5-20-9/h1-2,5-6,8H,3-4,7H2,(H3,14,15,16,17,18). The van der Waals surface area contributed by atoms with Crippen molar-refractivity contribution in [2.75, 3.05) is 10.6 Å². The molecular formula is C13H14N6S. The van der Waals surface area contributed by atoms with Crippen LogP contribution in [0.1, 0.15) is 17.7 Å². The van der Waals surface area contributed by atoms with Crippen molar-refractivity contribution in [3.63, 3.8) is 0 Å². The number of aromatic nitrogens is 4. The molecule has 0 atom stereocenters. The Balaban J connectivity index is 1.79. The van der Waals surface area contributed by atoms with Gasteiger partial charge in [0.05, 0.1) is 18.1 Å². The van der Waals surface area contributed by atoms with Crippen molar-refractivity contribution in [3.8, 4) is 0 Å². The molecule has 20 heavy (non-hydrogen) atoms. The molecule has 6 nitrogen and oxygen atoms in total. The molecule has 3 N–H and O–H groups in total. The van der Waals surface area contributed by atoms with Crippen molar-refractivity contribution < 1.29 is 0 Å². The van der Waals surface area contributed by atoms with Crippen LogP contribution in [0.5, 0.6) is 0 Å². The van der Waals surface area contributed by atoms with Gasteiger partial charge in [0.15, 0.2) is 5.65 Å². The molecule has 3 heterocycles. The highest BCUT2D eigenvalue weighted by molar-refractivity contribution is 7.09. The number of nitrogens with one attached hydrogen (secondary N) is 1. The number of nitrogens with two attached hydrogens (primary N) is 1. The molecule has 3 aromatic heterocycles. The molecule has 0 aromatic carbocycles. The zero-order valence-electron chi connectivity index (χ0n) is 10.8. The predicted molar refractivity (Wildman–Crippen MR) is 79.6 cm³/mol. The fraction of sp³-hybridized carbons (Fsp3) is 0.308. The summed E-state index contributed by atoms with van der Waals surface area (Å²) in [5, 5.41) is 9.96. The summed E-state index contributed by atoms with van der Waals surface area (Å²) in [6.45, 7) is 0.860. The average molecular weight is 286 g/mol. The number of rotatable bonds is 4. The van der Waals surface area contributed by atoms with E-state index in [1.165, 1.54) is 17.7 Å². The summed E-state index contributed by atoms with van der Waals surface area (Å²) in [5.41, 5.74) is 6.52. The van der Waals surface area contributed by atoms with Gasteiger partial charge in [-0.1, -0.05) is 6.07 Å². The number of hydrogen-bond acceptors (Lipinski definition) is 6. The molecule has 0 saturated heterocycles. The largest absolute Gasteiger partial charge is 0.368 e. The third kappa shape index (κ3) is 2.00. The number of fused-ring (bicyclic) bond motifs is 1. The molecule has 1 fully saturated rings. The molecule has 1 aliphatic rings. The first kappa shape index (κ1) is 11.7. The Hall–Kier alpha value is -2.15. The predicted octanol–water partition coefficient (Wildman–Crippen LogP) is 2.17. The van der Waals surface area contributed by atoms with Crippen molar-refractivity contribution in [3.05, 3.63) is 28.6 Å². The molecule has 1 aliphatic carbocycles. The normalized spacial score (nSPS) is 14.8. The van der Waals surface area contributed by atoms with E-state index in [2.05, 4.69) is 42.6 Å². The first-order chi connectivity index (χ1) is 9.81. The summed E-state index contributed by atoms with van der Waals surface area (Å²) in [5.74, 6) is 1.17. The highest BCUT2D eigenvalue weighted by Gasteiger charge is 2.32. The number of anilines is 2. The number of thiophene rings is 1. The molecule has 0 amide bonds. The van der Waals surface area contributed by atoms with Gasteiger partial charge in [-0.25, -0.2) is 0 Å². The van der Waals surface area contributed by atoms with E-state index in [-0.39, 0.29) is 5.95 Å². The lowest BCUT2D eigenvalue weighted by Crippen LogP contribution is -2.26. The van der Waals surface area contributed by atoms with Gasteiger partial charge in [0.2, 0.25) is 5.95 Å². The van der Waals surface area contributed by atoms with Gasteiger partial charge in [0.1, 0.15) is 5.82 Å². The van der Waals surface area contributed by atoms with Gasteiger partial charge in [0, 0.05) is 10.9 Å². The van der Waals surface area contributed by atoms with Crippen molar-refractivity contribution >= 4 is 34.1 Å². The zero-order valence-corrected chi connectivity index (χ0v) is 11.6.